The van der Waals surface area contributed by atoms with Gasteiger partial charge in [0.2, 0.25) is 0 Å². The SMILES string of the molecule is CN1CCC(C)(CNC(=O)C(F)Cl)C1. The fourth-order valence-corrected chi connectivity index (χ4v) is 1.87. The van der Waals surface area contributed by atoms with E-state index < -0.39 is 11.5 Å². The Labute approximate surface area is 88.6 Å². The van der Waals surface area contributed by atoms with Gasteiger partial charge in [0.1, 0.15) is 0 Å². The van der Waals surface area contributed by atoms with Crippen molar-refractivity contribution in [1.29, 1.82) is 0 Å². The molecule has 1 rings (SSSR count). The summed E-state index contributed by atoms with van der Waals surface area (Å²) >= 11 is 5.00. The minimum atomic E-state index is -1.93. The predicted octanol–water partition coefficient (Wildman–Crippen LogP) is 0.979. The molecule has 0 saturated carbocycles. The van der Waals surface area contributed by atoms with Gasteiger partial charge in [0.25, 0.3) is 11.5 Å². The maximum Gasteiger partial charge on any atom is 0.270 e. The Bertz CT molecular complexity index is 225. The molecule has 14 heavy (non-hydrogen) atoms. The molecule has 0 spiro atoms. The van der Waals surface area contributed by atoms with Crippen LogP contribution in [0.15, 0.2) is 0 Å². The molecule has 1 heterocycles. The number of hydrogen-bond acceptors (Lipinski definition) is 2. The van der Waals surface area contributed by atoms with Crippen LogP contribution < -0.4 is 5.32 Å². The van der Waals surface area contributed by atoms with Crippen molar-refractivity contribution in [2.24, 2.45) is 5.41 Å². The molecule has 1 fully saturated rings. The lowest BCUT2D eigenvalue weighted by atomic mass is 9.90. The number of carbonyl (C=O) groups is 1. The number of amides is 1. The first-order valence-electron chi connectivity index (χ1n) is 4.67. The molecule has 1 aliphatic rings. The van der Waals surface area contributed by atoms with Crippen molar-refractivity contribution in [2.75, 3.05) is 26.7 Å². The zero-order valence-electron chi connectivity index (χ0n) is 8.52. The fourth-order valence-electron chi connectivity index (χ4n) is 1.79. The third-order valence-corrected chi connectivity index (χ3v) is 2.83. The Morgan fingerprint density at radius 2 is 2.43 bits per heavy atom. The molecule has 2 atom stereocenters. The molecular weight excluding hydrogens is 207 g/mol. The van der Waals surface area contributed by atoms with E-state index in [4.69, 9.17) is 11.6 Å². The van der Waals surface area contributed by atoms with Crippen LogP contribution in [0, 0.1) is 5.41 Å². The number of carbonyl (C=O) groups excluding carboxylic acids is 1. The fraction of sp³-hybridized carbons (Fsp3) is 0.889. The normalized spacial score (nSPS) is 30.3. The molecule has 1 aliphatic heterocycles. The minimum absolute atomic E-state index is 0.0518. The summed E-state index contributed by atoms with van der Waals surface area (Å²) in [6, 6.07) is 0. The first-order valence-corrected chi connectivity index (χ1v) is 5.11. The second kappa shape index (κ2) is 4.45. The van der Waals surface area contributed by atoms with Gasteiger partial charge in [0.15, 0.2) is 0 Å². The van der Waals surface area contributed by atoms with E-state index in [9.17, 15) is 9.18 Å². The highest BCUT2D eigenvalue weighted by Gasteiger charge is 2.32. The Kier molecular flexibility index (Phi) is 3.72. The van der Waals surface area contributed by atoms with Gasteiger partial charge < -0.3 is 10.2 Å². The summed E-state index contributed by atoms with van der Waals surface area (Å²) in [5.74, 6) is -0.734. The molecule has 0 radical (unpaired) electrons. The molecule has 1 saturated heterocycles. The molecular formula is C9H16ClFN2O. The van der Waals surface area contributed by atoms with Gasteiger partial charge in [0, 0.05) is 13.1 Å². The molecule has 82 valence electrons. The van der Waals surface area contributed by atoms with Gasteiger partial charge >= 0.3 is 0 Å². The lowest BCUT2D eigenvalue weighted by molar-refractivity contribution is -0.123. The zero-order chi connectivity index (χ0) is 10.8. The summed E-state index contributed by atoms with van der Waals surface area (Å²) in [5, 5.41) is 2.51. The van der Waals surface area contributed by atoms with Crippen LogP contribution in [-0.2, 0) is 4.79 Å². The van der Waals surface area contributed by atoms with Crippen LogP contribution in [0.1, 0.15) is 13.3 Å². The Morgan fingerprint density at radius 3 is 2.86 bits per heavy atom. The van der Waals surface area contributed by atoms with Crippen LogP contribution >= 0.6 is 11.6 Å². The van der Waals surface area contributed by atoms with Crippen LogP contribution in [0.4, 0.5) is 4.39 Å². The van der Waals surface area contributed by atoms with Crippen molar-refractivity contribution in [3.8, 4) is 0 Å². The van der Waals surface area contributed by atoms with Crippen LogP contribution in [0.2, 0.25) is 0 Å². The summed E-state index contributed by atoms with van der Waals surface area (Å²) in [7, 11) is 2.03. The number of nitrogens with one attached hydrogen (secondary N) is 1. The Morgan fingerprint density at radius 1 is 1.79 bits per heavy atom. The zero-order valence-corrected chi connectivity index (χ0v) is 9.27. The maximum atomic E-state index is 12.3. The van der Waals surface area contributed by atoms with E-state index in [1.807, 2.05) is 7.05 Å². The van der Waals surface area contributed by atoms with Crippen molar-refractivity contribution < 1.29 is 9.18 Å². The first kappa shape index (κ1) is 11.7. The quantitative estimate of drug-likeness (QED) is 0.722. The van der Waals surface area contributed by atoms with Gasteiger partial charge in [-0.15, -0.1) is 0 Å². The average Bonchev–Trinajstić information content (AvgIpc) is 2.43. The van der Waals surface area contributed by atoms with Gasteiger partial charge in [-0.2, -0.15) is 0 Å². The lowest BCUT2D eigenvalue weighted by Gasteiger charge is -2.23. The van der Waals surface area contributed by atoms with Crippen LogP contribution in [0.25, 0.3) is 0 Å². The van der Waals surface area contributed by atoms with E-state index in [2.05, 4.69) is 17.1 Å². The van der Waals surface area contributed by atoms with E-state index in [0.717, 1.165) is 19.5 Å². The molecule has 3 nitrogen and oxygen atoms in total. The topological polar surface area (TPSA) is 32.3 Å². The van der Waals surface area contributed by atoms with Gasteiger partial charge in [-0.1, -0.05) is 18.5 Å². The third kappa shape index (κ3) is 3.10. The monoisotopic (exact) mass is 222 g/mol. The number of likely N-dealkylation sites (tertiary alicyclic amines) is 1. The van der Waals surface area contributed by atoms with Crippen molar-refractivity contribution in [3.05, 3.63) is 0 Å². The largest absolute Gasteiger partial charge is 0.352 e. The molecule has 1 amide bonds. The number of nitrogens with zero attached hydrogens (tertiary/aromatic N) is 1. The summed E-state index contributed by atoms with van der Waals surface area (Å²) < 4.78 is 12.3. The van der Waals surface area contributed by atoms with Gasteiger partial charge in [-0.05, 0) is 25.4 Å². The van der Waals surface area contributed by atoms with E-state index in [-0.39, 0.29) is 5.41 Å². The predicted molar refractivity (Wildman–Crippen MR) is 54.0 cm³/mol. The molecule has 0 aromatic carbocycles. The van der Waals surface area contributed by atoms with E-state index >= 15 is 0 Å². The number of halogens is 2. The Balaban J connectivity index is 2.34. The number of alkyl halides is 2. The highest BCUT2D eigenvalue weighted by molar-refractivity contribution is 6.29. The molecule has 0 bridgehead atoms. The molecule has 1 N–H and O–H groups in total. The molecule has 0 aliphatic carbocycles. The lowest BCUT2D eigenvalue weighted by Crippen LogP contribution is -2.39. The average molecular weight is 223 g/mol. The Hall–Kier alpha value is -0.350. The smallest absolute Gasteiger partial charge is 0.270 e. The maximum absolute atomic E-state index is 12.3. The standard InChI is InChI=1S/C9H16ClFN2O/c1-9(3-4-13(2)6-9)5-12-8(14)7(10)11/h7H,3-6H2,1-2H3,(H,12,14). The molecule has 0 aromatic heterocycles. The first-order chi connectivity index (χ1) is 6.43. The highest BCUT2D eigenvalue weighted by Crippen LogP contribution is 2.27. The summed E-state index contributed by atoms with van der Waals surface area (Å²) in [6.45, 7) is 4.51. The summed E-state index contributed by atoms with van der Waals surface area (Å²) in [4.78, 5) is 13.1. The second-order valence-corrected chi connectivity index (χ2v) is 4.70. The summed E-state index contributed by atoms with van der Waals surface area (Å²) in [6.07, 6.45) is 1.02. The second-order valence-electron chi connectivity index (χ2n) is 4.32. The van der Waals surface area contributed by atoms with Crippen LogP contribution in [0.5, 0.6) is 0 Å². The minimum Gasteiger partial charge on any atom is -0.352 e. The van der Waals surface area contributed by atoms with E-state index in [1.54, 1.807) is 0 Å². The van der Waals surface area contributed by atoms with Gasteiger partial charge in [-0.3, -0.25) is 4.79 Å². The number of rotatable bonds is 3. The van der Waals surface area contributed by atoms with Crippen molar-refractivity contribution in [1.82, 2.24) is 10.2 Å². The van der Waals surface area contributed by atoms with Crippen molar-refractivity contribution in [3.63, 3.8) is 0 Å². The third-order valence-electron chi connectivity index (χ3n) is 2.64. The van der Waals surface area contributed by atoms with Crippen LogP contribution in [0.3, 0.4) is 0 Å². The van der Waals surface area contributed by atoms with Crippen LogP contribution in [-0.4, -0.2) is 43.1 Å². The van der Waals surface area contributed by atoms with E-state index in [0.29, 0.717) is 6.54 Å². The molecule has 5 heteroatoms. The van der Waals surface area contributed by atoms with Gasteiger partial charge in [0.05, 0.1) is 0 Å². The van der Waals surface area contributed by atoms with Crippen molar-refractivity contribution >= 4 is 17.5 Å². The van der Waals surface area contributed by atoms with Gasteiger partial charge in [-0.25, -0.2) is 4.39 Å². The van der Waals surface area contributed by atoms with Crippen molar-refractivity contribution in [2.45, 2.75) is 19.0 Å². The van der Waals surface area contributed by atoms with E-state index in [1.165, 1.54) is 0 Å². The highest BCUT2D eigenvalue weighted by atomic mass is 35.5. The number of hydrogen-bond donors (Lipinski definition) is 1. The molecule has 2 unspecified atom stereocenters. The molecule has 0 aromatic rings. The summed E-state index contributed by atoms with van der Waals surface area (Å²) in [5.41, 5.74) is -1.88.